The van der Waals surface area contributed by atoms with Crippen LogP contribution in [-0.2, 0) is 16.1 Å². The van der Waals surface area contributed by atoms with Crippen LogP contribution < -0.4 is 5.73 Å². The quantitative estimate of drug-likeness (QED) is 0.357. The number of carbonyl (C=O) groups is 1. The van der Waals surface area contributed by atoms with Gasteiger partial charge in [0.05, 0.1) is 18.2 Å². The number of carbonyl (C=O) groups excluding carboxylic acids is 1. The van der Waals surface area contributed by atoms with E-state index in [1.165, 1.54) is 0 Å². The number of ether oxygens (including phenoxy) is 1. The first kappa shape index (κ1) is 28.3. The van der Waals surface area contributed by atoms with E-state index in [2.05, 4.69) is 21.0 Å². The number of aromatic nitrogens is 3. The second-order valence-electron chi connectivity index (χ2n) is 10.6. The number of amides is 1. The molecular formula is C28H34BrF2N5O2. The summed E-state index contributed by atoms with van der Waals surface area (Å²) in [5.74, 6) is -0.785. The Morgan fingerprint density at radius 1 is 1.26 bits per heavy atom. The highest BCUT2D eigenvalue weighted by atomic mass is 79.9. The van der Waals surface area contributed by atoms with Crippen LogP contribution in [0.2, 0.25) is 0 Å². The Bertz CT molecular complexity index is 1270. The van der Waals surface area contributed by atoms with Gasteiger partial charge in [-0.05, 0) is 67.1 Å². The van der Waals surface area contributed by atoms with Crippen molar-refractivity contribution >= 4 is 21.8 Å². The minimum Gasteiger partial charge on any atom is -0.368 e. The number of rotatable bonds is 9. The van der Waals surface area contributed by atoms with Crippen LogP contribution in [0.25, 0.3) is 11.4 Å². The zero-order valence-electron chi connectivity index (χ0n) is 22.0. The van der Waals surface area contributed by atoms with E-state index in [0.29, 0.717) is 44.9 Å². The molecule has 1 aromatic heterocycles. The summed E-state index contributed by atoms with van der Waals surface area (Å²) >= 11 is 3.51. The molecule has 0 unspecified atom stereocenters. The Kier molecular flexibility index (Phi) is 8.95. The van der Waals surface area contributed by atoms with E-state index >= 15 is 0 Å². The van der Waals surface area contributed by atoms with E-state index in [-0.39, 0.29) is 17.3 Å². The first-order valence-corrected chi connectivity index (χ1v) is 13.6. The molecule has 0 spiro atoms. The molecule has 0 radical (unpaired) electrons. The first-order valence-electron chi connectivity index (χ1n) is 12.8. The van der Waals surface area contributed by atoms with Crippen molar-refractivity contribution in [2.75, 3.05) is 19.7 Å². The van der Waals surface area contributed by atoms with Crippen molar-refractivity contribution in [2.45, 2.75) is 58.7 Å². The summed E-state index contributed by atoms with van der Waals surface area (Å²) in [5.41, 5.74) is 6.27. The Balaban J connectivity index is 1.87. The lowest BCUT2D eigenvalue weighted by molar-refractivity contribution is -0.146. The van der Waals surface area contributed by atoms with Gasteiger partial charge >= 0.3 is 0 Å². The van der Waals surface area contributed by atoms with Crippen LogP contribution >= 0.6 is 15.9 Å². The third-order valence-electron chi connectivity index (χ3n) is 6.56. The second kappa shape index (κ2) is 12.0. The van der Waals surface area contributed by atoms with Crippen LogP contribution in [0.5, 0.6) is 0 Å². The van der Waals surface area contributed by atoms with Crippen LogP contribution in [0.3, 0.4) is 0 Å². The predicted molar refractivity (Wildman–Crippen MR) is 145 cm³/mol. The Morgan fingerprint density at radius 3 is 2.71 bits per heavy atom. The topological polar surface area (TPSA) is 86.3 Å². The summed E-state index contributed by atoms with van der Waals surface area (Å²) in [4.78, 5) is 20.4. The molecule has 0 saturated carbocycles. The monoisotopic (exact) mass is 589 g/mol. The summed E-state index contributed by atoms with van der Waals surface area (Å²) in [6.07, 6.45) is 1.54. The van der Waals surface area contributed by atoms with Gasteiger partial charge < -0.3 is 15.4 Å². The highest BCUT2D eigenvalue weighted by molar-refractivity contribution is 9.10. The fourth-order valence-electron chi connectivity index (χ4n) is 4.84. The highest BCUT2D eigenvalue weighted by Crippen LogP contribution is 2.39. The number of nitrogens with zero attached hydrogens (tertiary/aromatic N) is 4. The summed E-state index contributed by atoms with van der Waals surface area (Å²) < 4.78 is 37.3. The summed E-state index contributed by atoms with van der Waals surface area (Å²) in [7, 11) is 0. The van der Waals surface area contributed by atoms with Crippen molar-refractivity contribution in [1.29, 1.82) is 0 Å². The number of nitrogens with two attached hydrogens (primary N) is 1. The molecule has 0 aliphatic carbocycles. The van der Waals surface area contributed by atoms with Crippen LogP contribution in [-0.4, -0.2) is 51.4 Å². The molecule has 4 rings (SSSR count). The summed E-state index contributed by atoms with van der Waals surface area (Å²) in [6.45, 7) is 7.76. The highest BCUT2D eigenvalue weighted by Gasteiger charge is 2.41. The van der Waals surface area contributed by atoms with Crippen LogP contribution in [0, 0.1) is 17.0 Å². The van der Waals surface area contributed by atoms with Gasteiger partial charge in [0.2, 0.25) is 0 Å². The van der Waals surface area contributed by atoms with Crippen molar-refractivity contribution in [3.05, 3.63) is 70.0 Å². The van der Waals surface area contributed by atoms with Crippen molar-refractivity contribution < 1.29 is 18.3 Å². The lowest BCUT2D eigenvalue weighted by Gasteiger charge is -2.40. The molecule has 2 heterocycles. The molecule has 1 fully saturated rings. The summed E-state index contributed by atoms with van der Waals surface area (Å²) in [5, 5.41) is 4.65. The van der Waals surface area contributed by atoms with Gasteiger partial charge in [0.25, 0.3) is 5.91 Å². The third kappa shape index (κ3) is 6.47. The molecule has 10 heteroatoms. The smallest absolute Gasteiger partial charge is 0.252 e. The Morgan fingerprint density at radius 2 is 2.05 bits per heavy atom. The van der Waals surface area contributed by atoms with Gasteiger partial charge in [-0.3, -0.25) is 4.79 Å². The Labute approximate surface area is 230 Å². The minimum absolute atomic E-state index is 0.0362. The lowest BCUT2D eigenvalue weighted by atomic mass is 9.84. The van der Waals surface area contributed by atoms with E-state index in [9.17, 15) is 13.6 Å². The molecule has 2 atom stereocenters. The molecule has 1 amide bonds. The van der Waals surface area contributed by atoms with E-state index in [0.717, 1.165) is 34.7 Å². The SMILES string of the molecule is CC(C)(C)[C@H](c1nc(-c2cc(F)ccc2F)nn1Cc1cccc(Br)c1)N(CCCN)C(=O)[C@@H]1CCCO1. The van der Waals surface area contributed by atoms with Gasteiger partial charge in [-0.1, -0.05) is 48.8 Å². The molecule has 1 aliphatic rings. The fraction of sp³-hybridized carbons (Fsp3) is 0.464. The lowest BCUT2D eigenvalue weighted by Crippen LogP contribution is -2.47. The van der Waals surface area contributed by atoms with E-state index in [1.54, 1.807) is 9.58 Å². The maximum absolute atomic E-state index is 14.8. The second-order valence-corrected chi connectivity index (χ2v) is 11.6. The first-order chi connectivity index (χ1) is 18.1. The van der Waals surface area contributed by atoms with Crippen molar-refractivity contribution in [1.82, 2.24) is 19.7 Å². The molecule has 1 saturated heterocycles. The maximum Gasteiger partial charge on any atom is 0.252 e. The molecule has 1 aliphatic heterocycles. The normalized spacial score (nSPS) is 16.6. The molecule has 7 nitrogen and oxygen atoms in total. The molecule has 204 valence electrons. The largest absolute Gasteiger partial charge is 0.368 e. The van der Waals surface area contributed by atoms with Gasteiger partial charge in [0, 0.05) is 17.6 Å². The van der Waals surface area contributed by atoms with Crippen molar-refractivity contribution in [2.24, 2.45) is 11.1 Å². The zero-order valence-corrected chi connectivity index (χ0v) is 23.5. The summed E-state index contributed by atoms with van der Waals surface area (Å²) in [6, 6.07) is 10.4. The molecule has 38 heavy (non-hydrogen) atoms. The van der Waals surface area contributed by atoms with E-state index in [4.69, 9.17) is 15.5 Å². The van der Waals surface area contributed by atoms with Gasteiger partial charge in [0.15, 0.2) is 11.6 Å². The molecule has 0 bridgehead atoms. The van der Waals surface area contributed by atoms with E-state index < -0.39 is 29.2 Å². The zero-order chi connectivity index (χ0) is 27.4. The van der Waals surface area contributed by atoms with Gasteiger partial charge in [-0.2, -0.15) is 5.10 Å². The van der Waals surface area contributed by atoms with Crippen molar-refractivity contribution in [3.63, 3.8) is 0 Å². The van der Waals surface area contributed by atoms with Gasteiger partial charge in [-0.25, -0.2) is 18.4 Å². The molecular weight excluding hydrogens is 556 g/mol. The fourth-order valence-corrected chi connectivity index (χ4v) is 5.29. The van der Waals surface area contributed by atoms with Crippen LogP contribution in [0.4, 0.5) is 8.78 Å². The molecule has 2 N–H and O–H groups in total. The Hall–Kier alpha value is -2.69. The van der Waals surface area contributed by atoms with Crippen LogP contribution in [0.15, 0.2) is 46.9 Å². The average molecular weight is 591 g/mol. The van der Waals surface area contributed by atoms with Gasteiger partial charge in [-0.15, -0.1) is 0 Å². The predicted octanol–water partition coefficient (Wildman–Crippen LogP) is 5.48. The van der Waals surface area contributed by atoms with Crippen LogP contribution in [0.1, 0.15) is 57.5 Å². The standard InChI is InChI=1S/C28H34BrF2N5O2/c1-28(2,3)24(35(13-6-12-32)27(37)23-9-5-14-38-23)26-33-25(21-16-20(30)10-11-22(21)31)34-36(26)17-18-7-4-8-19(29)15-18/h4,7-8,10-11,15-16,23-24H,5-6,9,12-14,17,32H2,1-3H3/t23-,24-/m0/s1. The average Bonchev–Trinajstić information content (AvgIpc) is 3.53. The minimum atomic E-state index is -0.625. The molecule has 2 aromatic carbocycles. The maximum atomic E-state index is 14.8. The third-order valence-corrected chi connectivity index (χ3v) is 7.05. The number of hydrogen-bond acceptors (Lipinski definition) is 5. The van der Waals surface area contributed by atoms with Gasteiger partial charge in [0.1, 0.15) is 17.7 Å². The number of halogens is 3. The molecule has 3 aromatic rings. The number of benzene rings is 2. The number of hydrogen-bond donors (Lipinski definition) is 1. The van der Waals surface area contributed by atoms with Crippen molar-refractivity contribution in [3.8, 4) is 11.4 Å². The van der Waals surface area contributed by atoms with E-state index in [1.807, 2.05) is 45.0 Å².